The van der Waals surface area contributed by atoms with Crippen molar-refractivity contribution in [2.45, 2.75) is 12.7 Å². The van der Waals surface area contributed by atoms with Gasteiger partial charge < -0.3 is 15.2 Å². The molecule has 1 amide bonds. The van der Waals surface area contributed by atoms with Gasteiger partial charge in [0.05, 0.1) is 6.10 Å². The van der Waals surface area contributed by atoms with Crippen molar-refractivity contribution in [3.8, 4) is 16.9 Å². The average Bonchev–Trinajstić information content (AvgIpc) is 3.04. The number of benzene rings is 3. The fourth-order valence-electron chi connectivity index (χ4n) is 3.45. The lowest BCUT2D eigenvalue weighted by Crippen LogP contribution is -2.28. The molecule has 3 aromatic carbocycles. The zero-order valence-electron chi connectivity index (χ0n) is 15.6. The number of nitrogens with one attached hydrogen (secondary N) is 1. The molecule has 1 aliphatic rings. The van der Waals surface area contributed by atoms with Gasteiger partial charge in [-0.25, -0.2) is 0 Å². The Morgan fingerprint density at radius 3 is 2.30 bits per heavy atom. The highest BCUT2D eigenvalue weighted by Crippen LogP contribution is 2.36. The van der Waals surface area contributed by atoms with Gasteiger partial charge in [0.1, 0.15) is 5.75 Å². The van der Waals surface area contributed by atoms with Crippen LogP contribution in [0.2, 0.25) is 0 Å². The van der Waals surface area contributed by atoms with Gasteiger partial charge in [0.25, 0.3) is 5.91 Å². The van der Waals surface area contributed by atoms with Gasteiger partial charge >= 0.3 is 6.61 Å². The summed E-state index contributed by atoms with van der Waals surface area (Å²) in [5, 5.41) is 12.9. The molecule has 152 valence electrons. The van der Waals surface area contributed by atoms with Crippen molar-refractivity contribution < 1.29 is 28.2 Å². The Balaban J connectivity index is 1.42. The first-order chi connectivity index (χ1) is 14.4. The van der Waals surface area contributed by atoms with Crippen molar-refractivity contribution >= 4 is 11.7 Å². The summed E-state index contributed by atoms with van der Waals surface area (Å²) in [6.45, 7) is -3.01. The van der Waals surface area contributed by atoms with E-state index in [2.05, 4.69) is 10.1 Å². The predicted octanol–water partition coefficient (Wildman–Crippen LogP) is 3.96. The fourth-order valence-corrected chi connectivity index (χ4v) is 3.45. The van der Waals surface area contributed by atoms with E-state index in [-0.39, 0.29) is 18.1 Å². The minimum Gasteiger partial charge on any atom is -0.435 e. The molecule has 7 heteroatoms. The van der Waals surface area contributed by atoms with Crippen LogP contribution >= 0.6 is 0 Å². The van der Waals surface area contributed by atoms with Gasteiger partial charge in [-0.05, 0) is 41.0 Å². The quantitative estimate of drug-likeness (QED) is 0.506. The number of rotatable bonds is 6. The van der Waals surface area contributed by atoms with E-state index >= 15 is 0 Å². The van der Waals surface area contributed by atoms with E-state index in [1.165, 1.54) is 24.3 Å². The second-order valence-electron chi connectivity index (χ2n) is 6.81. The number of fused-ring (bicyclic) bond motifs is 3. The molecule has 5 nitrogen and oxygen atoms in total. The number of halogens is 2. The van der Waals surface area contributed by atoms with E-state index in [0.29, 0.717) is 22.3 Å². The minimum absolute atomic E-state index is 0.0196. The molecule has 4 rings (SSSR count). The summed E-state index contributed by atoms with van der Waals surface area (Å²) >= 11 is 0. The molecule has 0 bridgehead atoms. The van der Waals surface area contributed by atoms with Gasteiger partial charge in [-0.1, -0.05) is 42.5 Å². The summed E-state index contributed by atoms with van der Waals surface area (Å²) in [7, 11) is 0. The summed E-state index contributed by atoms with van der Waals surface area (Å²) in [4.78, 5) is 25.1. The highest BCUT2D eigenvalue weighted by Gasteiger charge is 2.27. The topological polar surface area (TPSA) is 75.6 Å². The molecule has 0 fully saturated rings. The average molecular weight is 409 g/mol. The molecule has 0 aliphatic heterocycles. The van der Waals surface area contributed by atoms with E-state index in [9.17, 15) is 23.5 Å². The number of aliphatic hydroxyl groups is 1. The molecule has 3 aromatic rings. The van der Waals surface area contributed by atoms with Gasteiger partial charge in [-0.3, -0.25) is 9.59 Å². The summed E-state index contributed by atoms with van der Waals surface area (Å²) in [6, 6.07) is 17.7. The third-order valence-corrected chi connectivity index (χ3v) is 4.93. The molecule has 0 saturated heterocycles. The molecule has 1 atom stereocenters. The number of alkyl halides is 2. The molecule has 0 aromatic heterocycles. The van der Waals surface area contributed by atoms with Crippen molar-refractivity contribution in [3.05, 3.63) is 89.0 Å². The highest BCUT2D eigenvalue weighted by molar-refractivity contribution is 6.22. The van der Waals surface area contributed by atoms with Crippen molar-refractivity contribution in [1.29, 1.82) is 0 Å². The van der Waals surface area contributed by atoms with Crippen molar-refractivity contribution in [2.75, 3.05) is 6.54 Å². The third-order valence-electron chi connectivity index (χ3n) is 4.93. The summed E-state index contributed by atoms with van der Waals surface area (Å²) < 4.78 is 28.7. The normalized spacial score (nSPS) is 13.0. The van der Waals surface area contributed by atoms with E-state index in [0.717, 1.165) is 11.1 Å². The SMILES string of the molecule is O=C(NCC(O)c1ccc(OC(F)F)cc1)c1ccc2c(c1)C(=O)c1ccccc1-2. The van der Waals surface area contributed by atoms with Crippen LogP contribution in [-0.4, -0.2) is 30.0 Å². The van der Waals surface area contributed by atoms with Crippen molar-refractivity contribution in [2.24, 2.45) is 0 Å². The van der Waals surface area contributed by atoms with Crippen LogP contribution in [0.3, 0.4) is 0 Å². The zero-order chi connectivity index (χ0) is 21.3. The maximum absolute atomic E-state index is 12.6. The molecule has 30 heavy (non-hydrogen) atoms. The van der Waals surface area contributed by atoms with Gasteiger partial charge in [0.2, 0.25) is 0 Å². The Hall–Kier alpha value is -3.58. The number of aliphatic hydroxyl groups excluding tert-OH is 1. The molecule has 0 heterocycles. The molecule has 0 spiro atoms. The van der Waals surface area contributed by atoms with Gasteiger partial charge in [-0.15, -0.1) is 0 Å². The van der Waals surface area contributed by atoms with Crippen LogP contribution in [-0.2, 0) is 0 Å². The summed E-state index contributed by atoms with van der Waals surface area (Å²) in [5.41, 5.74) is 3.47. The van der Waals surface area contributed by atoms with E-state index in [4.69, 9.17) is 0 Å². The molecule has 0 saturated carbocycles. The lowest BCUT2D eigenvalue weighted by atomic mass is 10.0. The monoisotopic (exact) mass is 409 g/mol. The standard InChI is InChI=1S/C23H17F2NO4/c24-23(25)30-15-8-5-13(6-9-15)20(27)12-26-22(29)14-7-10-17-16-3-1-2-4-18(16)21(28)19(17)11-14/h1-11,20,23,27H,12H2,(H,26,29). The van der Waals surface area contributed by atoms with Crippen LogP contribution in [0.4, 0.5) is 8.78 Å². The third kappa shape index (κ3) is 3.79. The first-order valence-corrected chi connectivity index (χ1v) is 9.23. The minimum atomic E-state index is -2.92. The van der Waals surface area contributed by atoms with Crippen LogP contribution in [0, 0.1) is 0 Å². The number of hydrogen-bond donors (Lipinski definition) is 2. The molecule has 2 N–H and O–H groups in total. The highest BCUT2D eigenvalue weighted by atomic mass is 19.3. The molecule has 1 unspecified atom stereocenters. The van der Waals surface area contributed by atoms with Crippen LogP contribution in [0.25, 0.3) is 11.1 Å². The smallest absolute Gasteiger partial charge is 0.387 e. The maximum atomic E-state index is 12.6. The first kappa shape index (κ1) is 19.7. The lowest BCUT2D eigenvalue weighted by molar-refractivity contribution is -0.0498. The Labute approximate surface area is 170 Å². The number of ketones is 1. The molecular formula is C23H17F2NO4. The van der Waals surface area contributed by atoms with Gasteiger partial charge in [-0.2, -0.15) is 8.78 Å². The largest absolute Gasteiger partial charge is 0.435 e. The number of amides is 1. The molecule has 1 aliphatic carbocycles. The predicted molar refractivity (Wildman–Crippen MR) is 106 cm³/mol. The second kappa shape index (κ2) is 8.04. The van der Waals surface area contributed by atoms with Gasteiger partial charge in [0.15, 0.2) is 5.78 Å². The lowest BCUT2D eigenvalue weighted by Gasteiger charge is -2.13. The Morgan fingerprint density at radius 1 is 0.933 bits per heavy atom. The Bertz CT molecular complexity index is 1110. The van der Waals surface area contributed by atoms with E-state index in [1.807, 2.05) is 12.1 Å². The summed E-state index contributed by atoms with van der Waals surface area (Å²) in [5.74, 6) is -0.576. The Kier molecular flexibility index (Phi) is 5.29. The fraction of sp³-hybridized carbons (Fsp3) is 0.130. The van der Waals surface area contributed by atoms with Crippen molar-refractivity contribution in [1.82, 2.24) is 5.32 Å². The molecule has 0 radical (unpaired) electrons. The van der Waals surface area contributed by atoms with E-state index in [1.54, 1.807) is 30.3 Å². The van der Waals surface area contributed by atoms with Crippen LogP contribution in [0.5, 0.6) is 5.75 Å². The number of carbonyl (C=O) groups is 2. The number of hydrogen-bond acceptors (Lipinski definition) is 4. The van der Waals surface area contributed by atoms with E-state index < -0.39 is 18.6 Å². The second-order valence-corrected chi connectivity index (χ2v) is 6.81. The Morgan fingerprint density at radius 2 is 1.60 bits per heavy atom. The van der Waals surface area contributed by atoms with Crippen LogP contribution in [0.15, 0.2) is 66.7 Å². The van der Waals surface area contributed by atoms with Crippen LogP contribution in [0.1, 0.15) is 37.9 Å². The van der Waals surface area contributed by atoms with Crippen LogP contribution < -0.4 is 10.1 Å². The number of carbonyl (C=O) groups excluding carboxylic acids is 2. The van der Waals surface area contributed by atoms with Gasteiger partial charge in [0, 0.05) is 23.2 Å². The maximum Gasteiger partial charge on any atom is 0.387 e. The van der Waals surface area contributed by atoms with Crippen molar-refractivity contribution in [3.63, 3.8) is 0 Å². The molecular weight excluding hydrogens is 392 g/mol. The first-order valence-electron chi connectivity index (χ1n) is 9.23. The number of ether oxygens (including phenoxy) is 1. The zero-order valence-corrected chi connectivity index (χ0v) is 15.6. The summed E-state index contributed by atoms with van der Waals surface area (Å²) in [6.07, 6.45) is -1.03.